The monoisotopic (exact) mass is 545 g/mol. The largest absolute Gasteiger partial charge is 0.487 e. The highest BCUT2D eigenvalue weighted by Gasteiger charge is 2.36. The minimum absolute atomic E-state index is 0.0340. The van der Waals surface area contributed by atoms with Crippen LogP contribution in [0.3, 0.4) is 0 Å². The lowest BCUT2D eigenvalue weighted by Gasteiger charge is -2.38. The first-order valence-electron chi connectivity index (χ1n) is 11.5. The van der Waals surface area contributed by atoms with Crippen molar-refractivity contribution in [3.8, 4) is 17.4 Å². The lowest BCUT2D eigenvalue weighted by atomic mass is 9.89. The maximum atomic E-state index is 14.3. The van der Waals surface area contributed by atoms with Gasteiger partial charge in [-0.1, -0.05) is 35.9 Å². The smallest absolute Gasteiger partial charge is 0.416 e. The van der Waals surface area contributed by atoms with E-state index in [1.165, 1.54) is 24.3 Å². The lowest BCUT2D eigenvalue weighted by Crippen LogP contribution is -2.41. The molecule has 1 aliphatic rings. The Labute approximate surface area is 219 Å². The summed E-state index contributed by atoms with van der Waals surface area (Å²) in [4.78, 5) is 13.7. The number of amides is 1. The van der Waals surface area contributed by atoms with Gasteiger partial charge in [0.2, 0.25) is 0 Å². The number of benzene rings is 3. The summed E-state index contributed by atoms with van der Waals surface area (Å²) in [6, 6.07) is 12.8. The highest BCUT2D eigenvalue weighted by atomic mass is 35.5. The molecule has 0 unspecified atom stereocenters. The van der Waals surface area contributed by atoms with Crippen molar-refractivity contribution in [2.24, 2.45) is 0 Å². The topological polar surface area (TPSA) is 73.3 Å². The summed E-state index contributed by atoms with van der Waals surface area (Å²) in [5.74, 6) is -1.43. The van der Waals surface area contributed by atoms with Crippen molar-refractivity contribution in [1.82, 2.24) is 15.5 Å². The summed E-state index contributed by atoms with van der Waals surface area (Å²) >= 11 is 5.95. The predicted octanol–water partition coefficient (Wildman–Crippen LogP) is 7.27. The molecule has 11 heteroatoms. The fourth-order valence-electron chi connectivity index (χ4n) is 4.38. The molecule has 0 radical (unpaired) electrons. The van der Waals surface area contributed by atoms with Crippen LogP contribution >= 0.6 is 11.6 Å². The predicted molar refractivity (Wildman–Crippen MR) is 132 cm³/mol. The van der Waals surface area contributed by atoms with E-state index in [9.17, 15) is 22.4 Å². The van der Waals surface area contributed by atoms with E-state index in [1.54, 1.807) is 24.3 Å². The third-order valence-electron chi connectivity index (χ3n) is 6.05. The molecule has 0 bridgehead atoms. The number of nitrogens with one attached hydrogen (secondary N) is 1. The van der Waals surface area contributed by atoms with Crippen LogP contribution in [-0.2, 0) is 6.18 Å². The molecule has 1 N–H and O–H groups in total. The van der Waals surface area contributed by atoms with Crippen molar-refractivity contribution in [2.45, 2.75) is 38.1 Å². The second kappa shape index (κ2) is 9.43. The van der Waals surface area contributed by atoms with E-state index in [2.05, 4.69) is 15.5 Å². The number of fused-ring (bicyclic) bond motifs is 2. The SMILES string of the molecule is CC1(C)C[C@H](NC(=O)c2c(Oc3cccc(C(F)(F)F)c3)nnc3ccccc23)c2cc(F)c(Cl)cc2O1. The molecule has 0 aliphatic carbocycles. The normalized spacial score (nSPS) is 16.4. The molecule has 0 spiro atoms. The molecule has 4 aromatic rings. The van der Waals surface area contributed by atoms with Gasteiger partial charge in [-0.05, 0) is 44.2 Å². The standard InChI is InChI=1S/C27H20ClF4N3O3/c1-26(2)13-21(17-11-19(29)18(28)12-22(17)38-26)33-24(36)23-16-8-3-4-9-20(16)34-35-25(23)37-15-7-5-6-14(10-15)27(30,31)32/h3-12,21H,13H2,1-2H3,(H,33,36)/t21-/m0/s1. The Morgan fingerprint density at radius 1 is 1.11 bits per heavy atom. The fourth-order valence-corrected chi connectivity index (χ4v) is 4.53. The van der Waals surface area contributed by atoms with E-state index in [1.807, 2.05) is 13.8 Å². The molecule has 38 heavy (non-hydrogen) atoms. The van der Waals surface area contributed by atoms with Gasteiger partial charge in [-0.25, -0.2) is 4.39 Å². The van der Waals surface area contributed by atoms with E-state index in [-0.39, 0.29) is 22.2 Å². The molecule has 3 aromatic carbocycles. The summed E-state index contributed by atoms with van der Waals surface area (Å²) in [6.07, 6.45) is -4.29. The number of alkyl halides is 3. The Morgan fingerprint density at radius 3 is 2.63 bits per heavy atom. The first-order valence-corrected chi connectivity index (χ1v) is 11.9. The van der Waals surface area contributed by atoms with Crippen LogP contribution in [0.15, 0.2) is 60.7 Å². The van der Waals surface area contributed by atoms with Crippen molar-refractivity contribution in [3.05, 3.63) is 88.2 Å². The molecule has 1 aromatic heterocycles. The van der Waals surface area contributed by atoms with Crippen LogP contribution in [-0.4, -0.2) is 21.7 Å². The number of rotatable bonds is 4. The molecule has 0 saturated heterocycles. The van der Waals surface area contributed by atoms with Crippen molar-refractivity contribution in [1.29, 1.82) is 0 Å². The van der Waals surface area contributed by atoms with Crippen LogP contribution in [0.4, 0.5) is 17.6 Å². The van der Waals surface area contributed by atoms with Crippen LogP contribution in [0.2, 0.25) is 5.02 Å². The Balaban J connectivity index is 1.56. The van der Waals surface area contributed by atoms with Gasteiger partial charge in [0.05, 0.1) is 22.1 Å². The number of carbonyl (C=O) groups is 1. The van der Waals surface area contributed by atoms with Gasteiger partial charge >= 0.3 is 6.18 Å². The summed E-state index contributed by atoms with van der Waals surface area (Å²) in [5, 5.41) is 11.2. The van der Waals surface area contributed by atoms with Gasteiger partial charge in [0.15, 0.2) is 0 Å². The quantitative estimate of drug-likeness (QED) is 0.273. The lowest BCUT2D eigenvalue weighted by molar-refractivity contribution is -0.137. The van der Waals surface area contributed by atoms with Gasteiger partial charge in [0.25, 0.3) is 11.8 Å². The average Bonchev–Trinajstić information content (AvgIpc) is 2.84. The maximum absolute atomic E-state index is 14.3. The number of aromatic nitrogens is 2. The summed E-state index contributed by atoms with van der Waals surface area (Å²) < 4.78 is 65.6. The van der Waals surface area contributed by atoms with Crippen LogP contribution in [0.25, 0.3) is 10.9 Å². The van der Waals surface area contributed by atoms with E-state index in [4.69, 9.17) is 21.1 Å². The van der Waals surface area contributed by atoms with Gasteiger partial charge in [0, 0.05) is 23.4 Å². The molecule has 2 heterocycles. The number of halogens is 5. The Kier molecular flexibility index (Phi) is 6.38. The minimum Gasteiger partial charge on any atom is -0.487 e. The number of nitrogens with zero attached hydrogens (tertiary/aromatic N) is 2. The average molecular weight is 546 g/mol. The molecular weight excluding hydrogens is 526 g/mol. The fraction of sp³-hybridized carbons (Fsp3) is 0.222. The number of ether oxygens (including phenoxy) is 2. The minimum atomic E-state index is -4.59. The molecule has 1 atom stereocenters. The van der Waals surface area contributed by atoms with Crippen LogP contribution in [0.5, 0.6) is 17.4 Å². The second-order valence-electron chi connectivity index (χ2n) is 9.42. The van der Waals surface area contributed by atoms with Gasteiger partial charge in [-0.15, -0.1) is 10.2 Å². The molecule has 1 aliphatic heterocycles. The van der Waals surface area contributed by atoms with Crippen molar-refractivity contribution < 1.29 is 31.8 Å². The van der Waals surface area contributed by atoms with Crippen molar-refractivity contribution >= 4 is 28.4 Å². The number of hydrogen-bond acceptors (Lipinski definition) is 5. The highest BCUT2D eigenvalue weighted by Crippen LogP contribution is 2.42. The summed E-state index contributed by atoms with van der Waals surface area (Å²) in [6.45, 7) is 3.63. The molecule has 0 saturated carbocycles. The molecule has 0 fully saturated rings. The van der Waals surface area contributed by atoms with Gasteiger partial charge in [-0.2, -0.15) is 13.2 Å². The van der Waals surface area contributed by atoms with Gasteiger partial charge < -0.3 is 14.8 Å². The van der Waals surface area contributed by atoms with E-state index >= 15 is 0 Å². The van der Waals surface area contributed by atoms with E-state index in [0.29, 0.717) is 28.6 Å². The third-order valence-corrected chi connectivity index (χ3v) is 6.34. The van der Waals surface area contributed by atoms with Crippen molar-refractivity contribution in [3.63, 3.8) is 0 Å². The number of hydrogen-bond donors (Lipinski definition) is 1. The zero-order valence-electron chi connectivity index (χ0n) is 20.1. The van der Waals surface area contributed by atoms with Crippen molar-refractivity contribution in [2.75, 3.05) is 0 Å². The molecule has 196 valence electrons. The zero-order valence-corrected chi connectivity index (χ0v) is 20.8. The molecular formula is C27H20ClF4N3O3. The second-order valence-corrected chi connectivity index (χ2v) is 9.83. The Morgan fingerprint density at radius 2 is 1.87 bits per heavy atom. The summed E-state index contributed by atoms with van der Waals surface area (Å²) in [5.41, 5.74) is -0.905. The van der Waals surface area contributed by atoms with Crippen LogP contribution in [0, 0.1) is 5.82 Å². The molecule has 1 amide bonds. The number of carbonyl (C=O) groups excluding carboxylic acids is 1. The molecule has 6 nitrogen and oxygen atoms in total. The van der Waals surface area contributed by atoms with Gasteiger partial charge in [-0.3, -0.25) is 4.79 Å². The zero-order chi connectivity index (χ0) is 27.2. The van der Waals surface area contributed by atoms with E-state index < -0.39 is 35.1 Å². The Bertz CT molecular complexity index is 1560. The van der Waals surface area contributed by atoms with Crippen LogP contribution < -0.4 is 14.8 Å². The van der Waals surface area contributed by atoms with Gasteiger partial charge in [0.1, 0.15) is 28.5 Å². The van der Waals surface area contributed by atoms with E-state index in [0.717, 1.165) is 12.1 Å². The highest BCUT2D eigenvalue weighted by molar-refractivity contribution is 6.30. The summed E-state index contributed by atoms with van der Waals surface area (Å²) in [7, 11) is 0. The Hall–Kier alpha value is -3.92. The maximum Gasteiger partial charge on any atom is 0.416 e. The molecule has 5 rings (SSSR count). The van der Waals surface area contributed by atoms with Crippen LogP contribution in [0.1, 0.15) is 47.8 Å². The first-order chi connectivity index (χ1) is 17.9. The first kappa shape index (κ1) is 25.7. The third kappa shape index (κ3) is 5.08.